The Morgan fingerprint density at radius 1 is 1.08 bits per heavy atom. The van der Waals surface area contributed by atoms with E-state index in [9.17, 15) is 13.5 Å². The molecular formula is C17H14ClN3O3S2. The van der Waals surface area contributed by atoms with Gasteiger partial charge < -0.3 is 10.8 Å². The van der Waals surface area contributed by atoms with E-state index in [4.69, 9.17) is 22.5 Å². The molecule has 0 amide bonds. The molecule has 0 spiro atoms. The number of benzene rings is 3. The van der Waals surface area contributed by atoms with Crippen LogP contribution in [0.25, 0.3) is 21.9 Å². The first-order chi connectivity index (χ1) is 12.3. The van der Waals surface area contributed by atoms with Crippen LogP contribution in [-0.4, -0.2) is 18.7 Å². The monoisotopic (exact) mass is 407 g/mol. The Morgan fingerprint density at radius 2 is 1.85 bits per heavy atom. The van der Waals surface area contributed by atoms with Crippen molar-refractivity contribution < 1.29 is 13.5 Å². The summed E-state index contributed by atoms with van der Waals surface area (Å²) in [5.41, 5.74) is 6.96. The topological polar surface area (TPSA) is 119 Å². The third kappa shape index (κ3) is 3.63. The Balaban J connectivity index is 2.17. The summed E-state index contributed by atoms with van der Waals surface area (Å²) in [5.74, 6) is 0.0700. The maximum Gasteiger partial charge on any atom is 0.284 e. The van der Waals surface area contributed by atoms with Crippen LogP contribution in [0.4, 0.5) is 0 Å². The molecule has 3 aromatic carbocycles. The fourth-order valence-corrected chi connectivity index (χ4v) is 4.17. The summed E-state index contributed by atoms with van der Waals surface area (Å²) in [5, 5.41) is 16.4. The summed E-state index contributed by atoms with van der Waals surface area (Å²) >= 11 is 6.81. The third-order valence-corrected chi connectivity index (χ3v) is 5.77. The van der Waals surface area contributed by atoms with Crippen molar-refractivity contribution in [2.24, 2.45) is 15.3 Å². The first-order valence-electron chi connectivity index (χ1n) is 7.30. The highest BCUT2D eigenvalue weighted by molar-refractivity contribution is 8.12. The van der Waals surface area contributed by atoms with Crippen molar-refractivity contribution in [3.05, 3.63) is 59.6 Å². The molecular weight excluding hydrogens is 394 g/mol. The van der Waals surface area contributed by atoms with E-state index in [0.29, 0.717) is 22.4 Å². The minimum atomic E-state index is -3.95. The van der Waals surface area contributed by atoms with Gasteiger partial charge in [0.2, 0.25) is 0 Å². The van der Waals surface area contributed by atoms with Crippen molar-refractivity contribution >= 4 is 49.5 Å². The molecule has 0 unspecified atom stereocenters. The molecule has 3 rings (SSSR count). The summed E-state index contributed by atoms with van der Waals surface area (Å²) in [6.45, 7) is 0. The molecule has 0 aliphatic rings. The molecule has 0 radical (unpaired) electrons. The number of hydrogen-bond acceptors (Lipinski definition) is 5. The number of phenols is 1. The van der Waals surface area contributed by atoms with Crippen molar-refractivity contribution in [2.45, 2.75) is 4.90 Å². The Morgan fingerprint density at radius 3 is 2.54 bits per heavy atom. The Kier molecular flexibility index (Phi) is 5.10. The maximum absolute atomic E-state index is 12.3. The highest BCUT2D eigenvalue weighted by atomic mass is 35.5. The zero-order valence-corrected chi connectivity index (χ0v) is 15.6. The summed E-state index contributed by atoms with van der Waals surface area (Å²) in [7, 11) is -3.95. The van der Waals surface area contributed by atoms with E-state index in [0.717, 1.165) is 16.5 Å². The van der Waals surface area contributed by atoms with Crippen molar-refractivity contribution in [1.82, 2.24) is 0 Å². The first-order valence-corrected chi connectivity index (χ1v) is 10.0. The lowest BCUT2D eigenvalue weighted by molar-refractivity contribution is 0.475. The van der Waals surface area contributed by atoms with Crippen LogP contribution < -0.4 is 10.9 Å². The van der Waals surface area contributed by atoms with Crippen LogP contribution in [0.1, 0.15) is 0 Å². The number of nitrogens with zero attached hydrogens (tertiary/aromatic N) is 1. The van der Waals surface area contributed by atoms with Gasteiger partial charge in [0.05, 0.1) is 9.92 Å². The minimum Gasteiger partial charge on any atom is -0.508 e. The predicted octanol–water partition coefficient (Wildman–Crippen LogP) is 3.48. The van der Waals surface area contributed by atoms with Gasteiger partial charge in [0.25, 0.3) is 10.0 Å². The second-order valence-corrected chi connectivity index (χ2v) is 8.04. The standard InChI is InChI=1S/C17H14ClN3O3S2/c18-16-9-11(22)4-6-15(16)14-3-1-2-10-8-12(5-7-13(10)14)26(23,24)21-17(19)25-20/h1-9,22H,20H2,(H2,19,21). The van der Waals surface area contributed by atoms with Gasteiger partial charge in [0.15, 0.2) is 5.17 Å². The van der Waals surface area contributed by atoms with Crippen molar-refractivity contribution in [3.63, 3.8) is 0 Å². The molecule has 0 aliphatic carbocycles. The molecule has 0 aliphatic heterocycles. The van der Waals surface area contributed by atoms with Gasteiger partial charge in [-0.15, -0.1) is 4.40 Å². The number of halogens is 1. The van der Waals surface area contributed by atoms with Gasteiger partial charge in [-0.1, -0.05) is 35.9 Å². The molecule has 0 saturated heterocycles. The van der Waals surface area contributed by atoms with Crippen molar-refractivity contribution in [1.29, 1.82) is 0 Å². The lowest BCUT2D eigenvalue weighted by Gasteiger charge is -2.10. The molecule has 0 saturated carbocycles. The fraction of sp³-hybridized carbons (Fsp3) is 0. The van der Waals surface area contributed by atoms with Gasteiger partial charge in [-0.2, -0.15) is 8.42 Å². The molecule has 3 aromatic rings. The van der Waals surface area contributed by atoms with Gasteiger partial charge in [-0.3, -0.25) is 5.14 Å². The number of fused-ring (bicyclic) bond motifs is 1. The molecule has 9 heteroatoms. The largest absolute Gasteiger partial charge is 0.508 e. The zero-order chi connectivity index (χ0) is 18.9. The summed E-state index contributed by atoms with van der Waals surface area (Å²) in [4.78, 5) is 0.0101. The van der Waals surface area contributed by atoms with Crippen LogP contribution in [0.2, 0.25) is 5.02 Å². The van der Waals surface area contributed by atoms with Crippen LogP contribution in [0.3, 0.4) is 0 Å². The second kappa shape index (κ2) is 7.16. The number of sulfonamides is 1. The molecule has 134 valence electrons. The number of phenolic OH excluding ortho intramolecular Hbond substituents is 1. The maximum atomic E-state index is 12.3. The molecule has 6 nitrogen and oxygen atoms in total. The lowest BCUT2D eigenvalue weighted by atomic mass is 9.98. The van der Waals surface area contributed by atoms with Crippen molar-refractivity contribution in [2.75, 3.05) is 0 Å². The number of rotatable bonds is 3. The second-order valence-electron chi connectivity index (χ2n) is 5.38. The smallest absolute Gasteiger partial charge is 0.284 e. The van der Waals surface area contributed by atoms with E-state index in [1.54, 1.807) is 30.3 Å². The number of amidine groups is 1. The summed E-state index contributed by atoms with van der Waals surface area (Å²) < 4.78 is 28.1. The Labute approximate surface area is 159 Å². The molecule has 5 N–H and O–H groups in total. The average Bonchev–Trinajstić information content (AvgIpc) is 2.60. The van der Waals surface area contributed by atoms with Crippen LogP contribution in [0, 0.1) is 0 Å². The van der Waals surface area contributed by atoms with Crippen molar-refractivity contribution in [3.8, 4) is 16.9 Å². The fourth-order valence-electron chi connectivity index (χ4n) is 2.57. The predicted molar refractivity (Wildman–Crippen MR) is 107 cm³/mol. The molecule has 0 fully saturated rings. The number of hydrogen-bond donors (Lipinski definition) is 3. The van der Waals surface area contributed by atoms with Gasteiger partial charge >= 0.3 is 0 Å². The SMILES string of the molecule is NSC(N)=NS(=O)(=O)c1ccc2c(-c3ccc(O)cc3Cl)cccc2c1. The average molecular weight is 408 g/mol. The van der Waals surface area contributed by atoms with Gasteiger partial charge in [-0.25, -0.2) is 0 Å². The zero-order valence-electron chi connectivity index (χ0n) is 13.3. The van der Waals surface area contributed by atoms with E-state index < -0.39 is 10.0 Å². The van der Waals surface area contributed by atoms with E-state index >= 15 is 0 Å². The Bertz CT molecular complexity index is 1130. The van der Waals surface area contributed by atoms with Crippen LogP contribution in [-0.2, 0) is 10.0 Å². The third-order valence-electron chi connectivity index (χ3n) is 3.72. The quantitative estimate of drug-likeness (QED) is 0.347. The number of nitrogens with two attached hydrogens (primary N) is 2. The van der Waals surface area contributed by atoms with E-state index in [1.807, 2.05) is 6.07 Å². The molecule has 0 bridgehead atoms. The van der Waals surface area contributed by atoms with Gasteiger partial charge in [0, 0.05) is 5.56 Å². The normalized spacial score (nSPS) is 12.5. The van der Waals surface area contributed by atoms with E-state index in [-0.39, 0.29) is 15.8 Å². The molecule has 0 atom stereocenters. The summed E-state index contributed by atoms with van der Waals surface area (Å²) in [6.07, 6.45) is 0. The van der Waals surface area contributed by atoms with Gasteiger partial charge in [-0.05, 0) is 58.6 Å². The van der Waals surface area contributed by atoms with E-state index in [2.05, 4.69) is 4.40 Å². The van der Waals surface area contributed by atoms with E-state index in [1.165, 1.54) is 18.2 Å². The van der Waals surface area contributed by atoms with Crippen LogP contribution >= 0.6 is 23.5 Å². The minimum absolute atomic E-state index is 0.0101. The number of aromatic hydroxyl groups is 1. The molecule has 0 aromatic heterocycles. The van der Waals surface area contributed by atoms with Crippen LogP contribution in [0.15, 0.2) is 63.9 Å². The summed E-state index contributed by atoms with van der Waals surface area (Å²) in [6, 6.07) is 14.8. The highest BCUT2D eigenvalue weighted by Gasteiger charge is 2.16. The van der Waals surface area contributed by atoms with Crippen LogP contribution in [0.5, 0.6) is 5.75 Å². The molecule has 0 heterocycles. The Hall–Kier alpha value is -2.26. The molecule has 26 heavy (non-hydrogen) atoms. The first kappa shape index (κ1) is 18.5. The highest BCUT2D eigenvalue weighted by Crippen LogP contribution is 2.36. The van der Waals surface area contributed by atoms with Gasteiger partial charge in [0.1, 0.15) is 5.75 Å². The lowest BCUT2D eigenvalue weighted by Crippen LogP contribution is -2.12.